The predicted molar refractivity (Wildman–Crippen MR) is 87.1 cm³/mol. The molecule has 1 aromatic carbocycles. The van der Waals surface area contributed by atoms with E-state index in [2.05, 4.69) is 23.8 Å². The minimum atomic E-state index is 0.129. The van der Waals surface area contributed by atoms with Gasteiger partial charge in [0, 0.05) is 11.3 Å². The third-order valence-electron chi connectivity index (χ3n) is 3.19. The molecule has 0 aliphatic heterocycles. The molecule has 0 atom stereocenters. The first-order valence-corrected chi connectivity index (χ1v) is 8.02. The summed E-state index contributed by atoms with van der Waals surface area (Å²) in [5.41, 5.74) is 2.94. The van der Waals surface area contributed by atoms with E-state index in [9.17, 15) is 4.79 Å². The standard InChI is InChI=1S/C17H20N2OS/c1-11(2)14-5-7-15(8-6-14)16(20)10-21-17-9-12(3)18-13(4)19-17/h5-9,11H,10H2,1-4H3. The maximum Gasteiger partial charge on any atom is 0.173 e. The number of carbonyl (C=O) groups excluding carboxylic acids is 1. The summed E-state index contributed by atoms with van der Waals surface area (Å²) in [6.45, 7) is 8.09. The number of benzene rings is 1. The van der Waals surface area contributed by atoms with E-state index in [4.69, 9.17) is 0 Å². The van der Waals surface area contributed by atoms with Gasteiger partial charge in [0.1, 0.15) is 10.9 Å². The number of aryl methyl sites for hydroxylation is 2. The highest BCUT2D eigenvalue weighted by atomic mass is 32.2. The Bertz CT molecular complexity index is 615. The van der Waals surface area contributed by atoms with Crippen molar-refractivity contribution in [2.24, 2.45) is 0 Å². The average molecular weight is 300 g/mol. The van der Waals surface area contributed by atoms with E-state index in [0.717, 1.165) is 22.1 Å². The van der Waals surface area contributed by atoms with Crippen molar-refractivity contribution in [1.82, 2.24) is 9.97 Å². The number of nitrogens with zero attached hydrogens (tertiary/aromatic N) is 2. The molecule has 2 rings (SSSR count). The maximum atomic E-state index is 12.2. The van der Waals surface area contributed by atoms with E-state index < -0.39 is 0 Å². The fourth-order valence-corrected chi connectivity index (χ4v) is 2.93. The van der Waals surface area contributed by atoms with Gasteiger partial charge in [0.15, 0.2) is 5.78 Å². The Morgan fingerprint density at radius 3 is 2.38 bits per heavy atom. The van der Waals surface area contributed by atoms with Crippen LogP contribution in [0.3, 0.4) is 0 Å². The Morgan fingerprint density at radius 1 is 1.14 bits per heavy atom. The Balaban J connectivity index is 2.01. The van der Waals surface area contributed by atoms with Gasteiger partial charge in [-0.25, -0.2) is 9.97 Å². The van der Waals surface area contributed by atoms with Crippen LogP contribution in [0.5, 0.6) is 0 Å². The van der Waals surface area contributed by atoms with Crippen molar-refractivity contribution in [2.75, 3.05) is 5.75 Å². The summed E-state index contributed by atoms with van der Waals surface area (Å²) < 4.78 is 0. The third kappa shape index (κ3) is 4.39. The molecule has 0 amide bonds. The van der Waals surface area contributed by atoms with E-state index in [1.165, 1.54) is 17.3 Å². The van der Waals surface area contributed by atoms with Crippen molar-refractivity contribution < 1.29 is 4.79 Å². The van der Waals surface area contributed by atoms with Gasteiger partial charge >= 0.3 is 0 Å². The molecule has 0 saturated heterocycles. The molecule has 0 aliphatic rings. The van der Waals surface area contributed by atoms with Crippen molar-refractivity contribution in [2.45, 2.75) is 38.6 Å². The zero-order valence-corrected chi connectivity index (χ0v) is 13.7. The Morgan fingerprint density at radius 2 is 1.81 bits per heavy atom. The second-order valence-corrected chi connectivity index (χ2v) is 6.38. The van der Waals surface area contributed by atoms with Gasteiger partial charge in [-0.3, -0.25) is 4.79 Å². The largest absolute Gasteiger partial charge is 0.293 e. The monoisotopic (exact) mass is 300 g/mol. The van der Waals surface area contributed by atoms with Crippen molar-refractivity contribution >= 4 is 17.5 Å². The van der Waals surface area contributed by atoms with Gasteiger partial charge in [-0.1, -0.05) is 49.9 Å². The Hall–Kier alpha value is -1.68. The zero-order valence-electron chi connectivity index (χ0n) is 12.9. The number of hydrogen-bond donors (Lipinski definition) is 0. The van der Waals surface area contributed by atoms with Gasteiger partial charge in [0.25, 0.3) is 0 Å². The molecule has 0 unspecified atom stereocenters. The normalized spacial score (nSPS) is 10.9. The van der Waals surface area contributed by atoms with Crippen molar-refractivity contribution in [3.63, 3.8) is 0 Å². The number of rotatable bonds is 5. The second kappa shape index (κ2) is 6.85. The van der Waals surface area contributed by atoms with Gasteiger partial charge < -0.3 is 0 Å². The quantitative estimate of drug-likeness (QED) is 0.472. The summed E-state index contributed by atoms with van der Waals surface area (Å²) in [5.74, 6) is 1.75. The number of hydrogen-bond acceptors (Lipinski definition) is 4. The smallest absolute Gasteiger partial charge is 0.173 e. The SMILES string of the molecule is Cc1cc(SCC(=O)c2ccc(C(C)C)cc2)nc(C)n1. The van der Waals surface area contributed by atoms with Crippen LogP contribution in [0.2, 0.25) is 0 Å². The topological polar surface area (TPSA) is 42.9 Å². The van der Waals surface area contributed by atoms with E-state index in [0.29, 0.717) is 11.7 Å². The molecule has 0 bridgehead atoms. The highest BCUT2D eigenvalue weighted by molar-refractivity contribution is 7.99. The highest BCUT2D eigenvalue weighted by Crippen LogP contribution is 2.19. The number of thioether (sulfide) groups is 1. The minimum absolute atomic E-state index is 0.129. The first kappa shape index (κ1) is 15.7. The van der Waals surface area contributed by atoms with Crippen LogP contribution in [0.4, 0.5) is 0 Å². The molecule has 0 spiro atoms. The average Bonchev–Trinajstić information content (AvgIpc) is 2.44. The van der Waals surface area contributed by atoms with Crippen LogP contribution in [-0.2, 0) is 0 Å². The van der Waals surface area contributed by atoms with Crippen LogP contribution in [-0.4, -0.2) is 21.5 Å². The summed E-state index contributed by atoms with van der Waals surface area (Å²) >= 11 is 1.46. The van der Waals surface area contributed by atoms with Crippen LogP contribution >= 0.6 is 11.8 Å². The lowest BCUT2D eigenvalue weighted by Crippen LogP contribution is -2.03. The fraction of sp³-hybridized carbons (Fsp3) is 0.353. The number of aromatic nitrogens is 2. The molecule has 110 valence electrons. The lowest BCUT2D eigenvalue weighted by molar-refractivity contribution is 0.102. The molecule has 0 aliphatic carbocycles. The van der Waals surface area contributed by atoms with Crippen LogP contribution in [0, 0.1) is 13.8 Å². The van der Waals surface area contributed by atoms with Crippen molar-refractivity contribution in [3.05, 3.63) is 53.0 Å². The van der Waals surface area contributed by atoms with Gasteiger partial charge in [-0.2, -0.15) is 0 Å². The third-order valence-corrected chi connectivity index (χ3v) is 4.10. The zero-order chi connectivity index (χ0) is 15.4. The van der Waals surface area contributed by atoms with Gasteiger partial charge in [-0.05, 0) is 31.4 Å². The summed E-state index contributed by atoms with van der Waals surface area (Å²) in [6.07, 6.45) is 0. The fourth-order valence-electron chi connectivity index (χ4n) is 2.03. The number of Topliss-reactive ketones (excluding diaryl/α,β-unsaturated/α-hetero) is 1. The number of carbonyl (C=O) groups is 1. The molecule has 1 heterocycles. The van der Waals surface area contributed by atoms with Gasteiger partial charge in [0.2, 0.25) is 0 Å². The summed E-state index contributed by atoms with van der Waals surface area (Å²) in [6, 6.07) is 9.79. The minimum Gasteiger partial charge on any atom is -0.293 e. The van der Waals surface area contributed by atoms with E-state index in [-0.39, 0.29) is 5.78 Å². The molecule has 3 nitrogen and oxygen atoms in total. The molecule has 0 radical (unpaired) electrons. The Labute approximate surface area is 130 Å². The van der Waals surface area contributed by atoms with Gasteiger partial charge in [-0.15, -0.1) is 0 Å². The van der Waals surface area contributed by atoms with Crippen LogP contribution in [0.25, 0.3) is 0 Å². The van der Waals surface area contributed by atoms with Crippen LogP contribution < -0.4 is 0 Å². The lowest BCUT2D eigenvalue weighted by Gasteiger charge is -2.06. The molecule has 0 N–H and O–H groups in total. The molecular weight excluding hydrogens is 280 g/mol. The first-order chi connectivity index (χ1) is 9.95. The van der Waals surface area contributed by atoms with E-state index >= 15 is 0 Å². The summed E-state index contributed by atoms with van der Waals surface area (Å²) in [4.78, 5) is 20.8. The second-order valence-electron chi connectivity index (χ2n) is 5.38. The molecule has 0 saturated carbocycles. The number of ketones is 1. The van der Waals surface area contributed by atoms with Crippen molar-refractivity contribution in [3.8, 4) is 0 Å². The molecule has 2 aromatic rings. The maximum absolute atomic E-state index is 12.2. The molecule has 4 heteroatoms. The molecule has 1 aromatic heterocycles. The Kier molecular flexibility index (Phi) is 5.12. The van der Waals surface area contributed by atoms with E-state index in [1.807, 2.05) is 44.2 Å². The lowest BCUT2D eigenvalue weighted by atomic mass is 10.0. The summed E-state index contributed by atoms with van der Waals surface area (Å²) in [7, 11) is 0. The molecular formula is C17H20N2OS. The molecule has 0 fully saturated rings. The van der Waals surface area contributed by atoms with Crippen molar-refractivity contribution in [1.29, 1.82) is 0 Å². The van der Waals surface area contributed by atoms with E-state index in [1.54, 1.807) is 0 Å². The summed E-state index contributed by atoms with van der Waals surface area (Å²) in [5, 5.41) is 0.854. The molecule has 21 heavy (non-hydrogen) atoms. The first-order valence-electron chi connectivity index (χ1n) is 7.04. The highest BCUT2D eigenvalue weighted by Gasteiger charge is 2.09. The van der Waals surface area contributed by atoms with Crippen LogP contribution in [0.1, 0.15) is 47.2 Å². The van der Waals surface area contributed by atoms with Crippen LogP contribution in [0.15, 0.2) is 35.4 Å². The van der Waals surface area contributed by atoms with Gasteiger partial charge in [0.05, 0.1) is 5.75 Å². The predicted octanol–water partition coefficient (Wildman–Crippen LogP) is 4.19.